The van der Waals surface area contributed by atoms with E-state index in [1.807, 2.05) is 60.4 Å². The molecule has 3 aromatic carbocycles. The number of rotatable bonds is 4. The molecule has 4 rings (SSSR count). The second-order valence-corrected chi connectivity index (χ2v) is 8.83. The third-order valence-electron chi connectivity index (χ3n) is 5.96. The van der Waals surface area contributed by atoms with E-state index in [9.17, 15) is 9.59 Å². The van der Waals surface area contributed by atoms with Gasteiger partial charge in [-0.2, -0.15) is 0 Å². The summed E-state index contributed by atoms with van der Waals surface area (Å²) in [5, 5.41) is 6.17. The molecule has 1 N–H and O–H groups in total. The molecule has 4 nitrogen and oxygen atoms in total. The first-order valence-corrected chi connectivity index (χ1v) is 11.2. The standard InChI is InChI=1S/C25H24Cl2N2O2/c1-16(20-10-9-19(26)15-23(20)27)28-24(30)18-11-13-29(14-12-18)25(31)22-8-4-6-17-5-2-3-7-21(17)22/h2-10,15-16,18H,11-14H2,1H3,(H,28,30)/t16-/m0/s1. The molecule has 0 spiro atoms. The SMILES string of the molecule is C[C@H](NC(=O)C1CCN(C(=O)c2cccc3ccccc23)CC1)c1ccc(Cl)cc1Cl. The summed E-state index contributed by atoms with van der Waals surface area (Å²) in [6.45, 7) is 3.04. The Balaban J connectivity index is 1.38. The van der Waals surface area contributed by atoms with Crippen LogP contribution in [0.15, 0.2) is 60.7 Å². The number of carbonyl (C=O) groups is 2. The van der Waals surface area contributed by atoms with Crippen LogP contribution in [0.2, 0.25) is 10.0 Å². The second-order valence-electron chi connectivity index (χ2n) is 7.99. The first kappa shape index (κ1) is 21.7. The van der Waals surface area contributed by atoms with Gasteiger partial charge in [-0.1, -0.05) is 65.7 Å². The van der Waals surface area contributed by atoms with E-state index in [-0.39, 0.29) is 23.8 Å². The minimum Gasteiger partial charge on any atom is -0.349 e. The van der Waals surface area contributed by atoms with Crippen LogP contribution in [-0.2, 0) is 4.79 Å². The maximum Gasteiger partial charge on any atom is 0.254 e. The Morgan fingerprint density at radius 1 is 1.00 bits per heavy atom. The monoisotopic (exact) mass is 454 g/mol. The van der Waals surface area contributed by atoms with Gasteiger partial charge in [0.25, 0.3) is 5.91 Å². The molecule has 6 heteroatoms. The van der Waals surface area contributed by atoms with E-state index in [4.69, 9.17) is 23.2 Å². The number of benzene rings is 3. The van der Waals surface area contributed by atoms with E-state index in [0.29, 0.717) is 41.5 Å². The summed E-state index contributed by atoms with van der Waals surface area (Å²) in [5.74, 6) is -0.0992. The Bertz CT molecular complexity index is 1120. The largest absolute Gasteiger partial charge is 0.349 e. The summed E-state index contributed by atoms with van der Waals surface area (Å²) < 4.78 is 0. The quantitative estimate of drug-likeness (QED) is 0.535. The van der Waals surface area contributed by atoms with Gasteiger partial charge in [0, 0.05) is 34.6 Å². The minimum atomic E-state index is -0.215. The molecule has 31 heavy (non-hydrogen) atoms. The van der Waals surface area contributed by atoms with E-state index in [1.165, 1.54) is 0 Å². The number of nitrogens with one attached hydrogen (secondary N) is 1. The summed E-state index contributed by atoms with van der Waals surface area (Å²) in [6.07, 6.45) is 1.28. The summed E-state index contributed by atoms with van der Waals surface area (Å²) in [6, 6.07) is 18.8. The van der Waals surface area contributed by atoms with Gasteiger partial charge >= 0.3 is 0 Å². The Morgan fingerprint density at radius 2 is 1.71 bits per heavy atom. The van der Waals surface area contributed by atoms with Crippen LogP contribution < -0.4 is 5.32 Å². The molecular weight excluding hydrogens is 431 g/mol. The van der Waals surface area contributed by atoms with Crippen LogP contribution in [0.5, 0.6) is 0 Å². The van der Waals surface area contributed by atoms with Crippen molar-refractivity contribution in [1.82, 2.24) is 10.2 Å². The van der Waals surface area contributed by atoms with Crippen LogP contribution in [-0.4, -0.2) is 29.8 Å². The lowest BCUT2D eigenvalue weighted by Crippen LogP contribution is -2.43. The maximum absolute atomic E-state index is 13.1. The van der Waals surface area contributed by atoms with Gasteiger partial charge in [-0.15, -0.1) is 0 Å². The predicted molar refractivity (Wildman–Crippen MR) is 126 cm³/mol. The Kier molecular flexibility index (Phi) is 6.49. The lowest BCUT2D eigenvalue weighted by Gasteiger charge is -2.32. The Morgan fingerprint density at radius 3 is 2.45 bits per heavy atom. The molecule has 0 aliphatic carbocycles. The normalized spacial score (nSPS) is 15.6. The lowest BCUT2D eigenvalue weighted by atomic mass is 9.94. The van der Waals surface area contributed by atoms with Gasteiger partial charge in [0.1, 0.15) is 0 Å². The van der Waals surface area contributed by atoms with E-state index in [0.717, 1.165) is 16.3 Å². The average Bonchev–Trinajstić information content (AvgIpc) is 2.78. The number of carbonyl (C=O) groups excluding carboxylic acids is 2. The topological polar surface area (TPSA) is 49.4 Å². The number of amides is 2. The molecule has 1 aliphatic rings. The zero-order valence-corrected chi connectivity index (χ0v) is 18.8. The highest BCUT2D eigenvalue weighted by Crippen LogP contribution is 2.28. The summed E-state index contributed by atoms with van der Waals surface area (Å²) in [7, 11) is 0. The van der Waals surface area contributed by atoms with Gasteiger partial charge in [-0.25, -0.2) is 0 Å². The third-order valence-corrected chi connectivity index (χ3v) is 6.52. The van der Waals surface area contributed by atoms with Crippen molar-refractivity contribution in [3.05, 3.63) is 81.8 Å². The summed E-state index contributed by atoms with van der Waals surface area (Å²) in [4.78, 5) is 27.8. The molecule has 1 saturated heterocycles. The number of hydrogen-bond donors (Lipinski definition) is 1. The van der Waals surface area contributed by atoms with Crippen LogP contribution in [0.1, 0.15) is 41.7 Å². The van der Waals surface area contributed by atoms with Crippen molar-refractivity contribution in [2.45, 2.75) is 25.8 Å². The minimum absolute atomic E-state index is 0.00391. The van der Waals surface area contributed by atoms with Crippen LogP contribution in [0.25, 0.3) is 10.8 Å². The number of nitrogens with zero attached hydrogens (tertiary/aromatic N) is 1. The molecule has 0 bridgehead atoms. The van der Waals surface area contributed by atoms with E-state index >= 15 is 0 Å². The van der Waals surface area contributed by atoms with Crippen LogP contribution in [0, 0.1) is 5.92 Å². The summed E-state index contributed by atoms with van der Waals surface area (Å²) in [5.41, 5.74) is 1.55. The molecule has 1 fully saturated rings. The molecule has 0 saturated carbocycles. The molecule has 160 valence electrons. The number of likely N-dealkylation sites (tertiary alicyclic amines) is 1. The van der Waals surface area contributed by atoms with Crippen LogP contribution in [0.4, 0.5) is 0 Å². The molecule has 0 unspecified atom stereocenters. The van der Waals surface area contributed by atoms with Crippen LogP contribution >= 0.6 is 23.2 Å². The average molecular weight is 455 g/mol. The first-order valence-electron chi connectivity index (χ1n) is 10.5. The Labute approximate surface area is 192 Å². The molecule has 3 aromatic rings. The smallest absolute Gasteiger partial charge is 0.254 e. The predicted octanol–water partition coefficient (Wildman–Crippen LogP) is 5.88. The van der Waals surface area contributed by atoms with E-state index in [1.54, 1.807) is 12.1 Å². The van der Waals surface area contributed by atoms with Crippen molar-refractivity contribution in [1.29, 1.82) is 0 Å². The fourth-order valence-electron chi connectivity index (χ4n) is 4.19. The van der Waals surface area contributed by atoms with E-state index < -0.39 is 0 Å². The number of halogens is 2. The van der Waals surface area contributed by atoms with Gasteiger partial charge in [0.05, 0.1) is 6.04 Å². The number of hydrogen-bond acceptors (Lipinski definition) is 2. The number of piperidine rings is 1. The fraction of sp³-hybridized carbons (Fsp3) is 0.280. The maximum atomic E-state index is 13.1. The van der Waals surface area contributed by atoms with Crippen molar-refractivity contribution in [2.24, 2.45) is 5.92 Å². The zero-order valence-electron chi connectivity index (χ0n) is 17.3. The van der Waals surface area contributed by atoms with Crippen molar-refractivity contribution >= 4 is 45.8 Å². The van der Waals surface area contributed by atoms with Crippen LogP contribution in [0.3, 0.4) is 0 Å². The van der Waals surface area contributed by atoms with Gasteiger partial charge in [-0.05, 0) is 54.3 Å². The molecule has 0 radical (unpaired) electrons. The van der Waals surface area contributed by atoms with Crippen molar-refractivity contribution < 1.29 is 9.59 Å². The van der Waals surface area contributed by atoms with Crippen molar-refractivity contribution in [3.8, 4) is 0 Å². The molecule has 1 aliphatic heterocycles. The highest BCUT2D eigenvalue weighted by atomic mass is 35.5. The lowest BCUT2D eigenvalue weighted by molar-refractivity contribution is -0.126. The second kappa shape index (κ2) is 9.29. The molecule has 1 atom stereocenters. The first-order chi connectivity index (χ1) is 14.9. The third kappa shape index (κ3) is 4.70. The van der Waals surface area contributed by atoms with Crippen molar-refractivity contribution in [3.63, 3.8) is 0 Å². The van der Waals surface area contributed by atoms with Gasteiger partial charge in [0.15, 0.2) is 0 Å². The summed E-state index contributed by atoms with van der Waals surface area (Å²) >= 11 is 12.2. The number of fused-ring (bicyclic) bond motifs is 1. The van der Waals surface area contributed by atoms with Gasteiger partial charge in [0.2, 0.25) is 5.91 Å². The zero-order chi connectivity index (χ0) is 22.0. The fourth-order valence-corrected chi connectivity index (χ4v) is 4.76. The van der Waals surface area contributed by atoms with Gasteiger partial charge in [-0.3, -0.25) is 9.59 Å². The van der Waals surface area contributed by atoms with Gasteiger partial charge < -0.3 is 10.2 Å². The molecule has 0 aromatic heterocycles. The molecule has 2 amide bonds. The molecule has 1 heterocycles. The Hall–Kier alpha value is -2.56. The highest BCUT2D eigenvalue weighted by molar-refractivity contribution is 6.35. The van der Waals surface area contributed by atoms with E-state index in [2.05, 4.69) is 5.32 Å². The highest BCUT2D eigenvalue weighted by Gasteiger charge is 2.29. The van der Waals surface area contributed by atoms with Crippen molar-refractivity contribution in [2.75, 3.05) is 13.1 Å². The molecular formula is C25H24Cl2N2O2.